The third-order valence-electron chi connectivity index (χ3n) is 2.76. The first kappa shape index (κ1) is 14.3. The highest BCUT2D eigenvalue weighted by Gasteiger charge is 2.20. The highest BCUT2D eigenvalue weighted by atomic mass is 79.9. The molecule has 0 radical (unpaired) electrons. The van der Waals surface area contributed by atoms with Crippen molar-refractivity contribution >= 4 is 28.1 Å². The van der Waals surface area contributed by atoms with Crippen molar-refractivity contribution < 1.29 is 8.78 Å². The van der Waals surface area contributed by atoms with Crippen LogP contribution in [0.5, 0.6) is 0 Å². The van der Waals surface area contributed by atoms with Crippen LogP contribution >= 0.6 is 28.1 Å². The Balaban J connectivity index is 2.84. The Labute approximate surface area is 123 Å². The summed E-state index contributed by atoms with van der Waals surface area (Å²) in [6.45, 7) is 3.80. The maximum Gasteiger partial charge on any atom is 0.149 e. The summed E-state index contributed by atoms with van der Waals surface area (Å²) in [7, 11) is 0. The number of rotatable bonds is 2. The molecule has 0 bridgehead atoms. The number of hydrogen-bond acceptors (Lipinski definition) is 2. The van der Waals surface area contributed by atoms with Gasteiger partial charge in [-0.1, -0.05) is 26.1 Å². The maximum atomic E-state index is 14.2. The molecule has 0 unspecified atom stereocenters. The Bertz CT molecular complexity index is 683. The average Bonchev–Trinajstić information content (AvgIpc) is 2.34. The zero-order valence-corrected chi connectivity index (χ0v) is 12.7. The van der Waals surface area contributed by atoms with Gasteiger partial charge >= 0.3 is 0 Å². The molecule has 1 aromatic carbocycles. The van der Waals surface area contributed by atoms with Gasteiger partial charge in [-0.2, -0.15) is 0 Å². The van der Waals surface area contributed by atoms with Crippen LogP contribution < -0.4 is 0 Å². The molecule has 0 aliphatic carbocycles. The maximum absolute atomic E-state index is 14.2. The average molecular weight is 345 g/mol. The van der Waals surface area contributed by atoms with Gasteiger partial charge in [0.1, 0.15) is 16.3 Å². The molecule has 2 nitrogen and oxygen atoms in total. The molecule has 6 heteroatoms. The summed E-state index contributed by atoms with van der Waals surface area (Å²) < 4.78 is 28.7. The predicted octanol–water partition coefficient (Wildman–Crippen LogP) is 4.97. The molecule has 0 saturated heterocycles. The second kappa shape index (κ2) is 5.46. The van der Waals surface area contributed by atoms with Crippen molar-refractivity contribution in [1.82, 2.24) is 9.97 Å². The van der Waals surface area contributed by atoms with Gasteiger partial charge < -0.3 is 4.98 Å². The molecule has 19 heavy (non-hydrogen) atoms. The molecule has 1 aromatic heterocycles. The van der Waals surface area contributed by atoms with Crippen molar-refractivity contribution in [3.05, 3.63) is 44.8 Å². The van der Waals surface area contributed by atoms with Crippen LogP contribution in [0.2, 0.25) is 0 Å². The number of benzene rings is 1. The summed E-state index contributed by atoms with van der Waals surface area (Å²) in [5.41, 5.74) is 0.853. The fourth-order valence-electron chi connectivity index (χ4n) is 1.91. The van der Waals surface area contributed by atoms with E-state index in [9.17, 15) is 8.78 Å². The van der Waals surface area contributed by atoms with Crippen LogP contribution in [0.15, 0.2) is 22.9 Å². The summed E-state index contributed by atoms with van der Waals surface area (Å²) in [5.74, 6) is -1.29. The van der Waals surface area contributed by atoms with Gasteiger partial charge in [0.15, 0.2) is 0 Å². The fourth-order valence-corrected chi connectivity index (χ4v) is 2.63. The van der Waals surface area contributed by atoms with Crippen molar-refractivity contribution in [3.63, 3.8) is 0 Å². The summed E-state index contributed by atoms with van der Waals surface area (Å²) in [6, 6.07) is 2.54. The molecular formula is C13H11BrF2N2S. The zero-order chi connectivity index (χ0) is 14.2. The van der Waals surface area contributed by atoms with Crippen molar-refractivity contribution in [3.8, 4) is 11.3 Å². The van der Waals surface area contributed by atoms with Gasteiger partial charge in [-0.15, -0.1) is 0 Å². The quantitative estimate of drug-likeness (QED) is 0.615. The summed E-state index contributed by atoms with van der Waals surface area (Å²) in [6.07, 6.45) is 1.35. The number of nitrogens with zero attached hydrogens (tertiary/aromatic N) is 1. The lowest BCUT2D eigenvalue weighted by Gasteiger charge is -2.14. The Hall–Kier alpha value is -1.14. The van der Waals surface area contributed by atoms with E-state index in [0.29, 0.717) is 15.9 Å². The van der Waals surface area contributed by atoms with Crippen molar-refractivity contribution in [1.29, 1.82) is 0 Å². The summed E-state index contributed by atoms with van der Waals surface area (Å²) in [5, 5.41) is 0. The minimum atomic E-state index is -0.654. The molecule has 0 aliphatic rings. The van der Waals surface area contributed by atoms with E-state index >= 15 is 0 Å². The molecular weight excluding hydrogens is 334 g/mol. The zero-order valence-electron chi connectivity index (χ0n) is 10.3. The number of hydrogen-bond donors (Lipinski definition) is 1. The van der Waals surface area contributed by atoms with Crippen molar-refractivity contribution in [2.24, 2.45) is 0 Å². The van der Waals surface area contributed by atoms with E-state index in [-0.39, 0.29) is 16.0 Å². The largest absolute Gasteiger partial charge is 0.345 e. The van der Waals surface area contributed by atoms with Gasteiger partial charge in [-0.3, -0.25) is 0 Å². The molecule has 0 spiro atoms. The first-order chi connectivity index (χ1) is 8.93. The van der Waals surface area contributed by atoms with E-state index in [1.165, 1.54) is 18.5 Å². The van der Waals surface area contributed by atoms with E-state index in [4.69, 9.17) is 12.2 Å². The third-order valence-corrected chi connectivity index (χ3v) is 3.70. The minimum Gasteiger partial charge on any atom is -0.345 e. The summed E-state index contributed by atoms with van der Waals surface area (Å²) in [4.78, 5) is 6.78. The number of halogens is 3. The van der Waals surface area contributed by atoms with Gasteiger partial charge in [0, 0.05) is 5.56 Å². The highest BCUT2D eigenvalue weighted by Crippen LogP contribution is 2.34. The van der Waals surface area contributed by atoms with E-state index in [0.717, 1.165) is 0 Å². The molecule has 2 rings (SSSR count). The SMILES string of the molecule is CC(C)c1c(-c2c(F)ccc(Br)c2F)[nH]cnc1=S. The molecule has 2 aromatic rings. The van der Waals surface area contributed by atoms with E-state index in [2.05, 4.69) is 25.9 Å². The summed E-state index contributed by atoms with van der Waals surface area (Å²) >= 11 is 8.21. The number of H-pyrrole nitrogens is 1. The molecule has 1 heterocycles. The molecule has 1 N–H and O–H groups in total. The highest BCUT2D eigenvalue weighted by molar-refractivity contribution is 9.10. The number of nitrogens with one attached hydrogen (secondary N) is 1. The van der Waals surface area contributed by atoms with Crippen LogP contribution in [0.3, 0.4) is 0 Å². The lowest BCUT2D eigenvalue weighted by atomic mass is 9.98. The Kier molecular flexibility index (Phi) is 4.10. The van der Waals surface area contributed by atoms with Crippen molar-refractivity contribution in [2.45, 2.75) is 19.8 Å². The lowest BCUT2D eigenvalue weighted by molar-refractivity contribution is 0.583. The number of aromatic amines is 1. The first-order valence-electron chi connectivity index (χ1n) is 5.65. The predicted molar refractivity (Wildman–Crippen MR) is 76.6 cm³/mol. The molecule has 0 aliphatic heterocycles. The van der Waals surface area contributed by atoms with E-state index < -0.39 is 11.6 Å². The fraction of sp³-hybridized carbons (Fsp3) is 0.231. The normalized spacial score (nSPS) is 11.1. The van der Waals surface area contributed by atoms with Gasteiger partial charge in [-0.25, -0.2) is 13.8 Å². The second-order valence-electron chi connectivity index (χ2n) is 4.37. The molecule has 0 fully saturated rings. The van der Waals surface area contributed by atoms with Gasteiger partial charge in [-0.05, 0) is 34.0 Å². The Morgan fingerprint density at radius 2 is 2.00 bits per heavy atom. The van der Waals surface area contributed by atoms with E-state index in [1.54, 1.807) is 0 Å². The van der Waals surface area contributed by atoms with Crippen molar-refractivity contribution in [2.75, 3.05) is 0 Å². The molecule has 0 amide bonds. The van der Waals surface area contributed by atoms with Crippen LogP contribution in [-0.4, -0.2) is 9.97 Å². The smallest absolute Gasteiger partial charge is 0.149 e. The number of aromatic nitrogens is 2. The molecule has 100 valence electrons. The standard InChI is InChI=1S/C13H11BrF2N2S/c1-6(2)9-12(17-5-18-13(9)19)10-8(15)4-3-7(14)11(10)16/h3-6H,1-2H3,(H,17,18,19). The van der Waals surface area contributed by atoms with Gasteiger partial charge in [0.25, 0.3) is 0 Å². The van der Waals surface area contributed by atoms with Crippen LogP contribution in [0.4, 0.5) is 8.78 Å². The van der Waals surface area contributed by atoms with Gasteiger partial charge in [0.05, 0.1) is 22.1 Å². The topological polar surface area (TPSA) is 28.7 Å². The molecule has 0 saturated carbocycles. The van der Waals surface area contributed by atoms with Crippen LogP contribution in [0.25, 0.3) is 11.3 Å². The first-order valence-corrected chi connectivity index (χ1v) is 6.85. The third kappa shape index (κ3) is 2.60. The van der Waals surface area contributed by atoms with Crippen LogP contribution in [-0.2, 0) is 0 Å². The monoisotopic (exact) mass is 344 g/mol. The van der Waals surface area contributed by atoms with E-state index in [1.807, 2.05) is 13.8 Å². The van der Waals surface area contributed by atoms with Crippen LogP contribution in [0, 0.1) is 16.3 Å². The minimum absolute atomic E-state index is 0.00484. The Morgan fingerprint density at radius 1 is 1.32 bits per heavy atom. The second-order valence-corrected chi connectivity index (χ2v) is 5.61. The molecule has 0 atom stereocenters. The Morgan fingerprint density at radius 3 is 2.63 bits per heavy atom. The van der Waals surface area contributed by atoms with Gasteiger partial charge in [0.2, 0.25) is 0 Å². The van der Waals surface area contributed by atoms with Crippen LogP contribution in [0.1, 0.15) is 25.3 Å². The lowest BCUT2D eigenvalue weighted by Crippen LogP contribution is -2.02.